The molecule has 36 heavy (non-hydrogen) atoms. The fourth-order valence-electron chi connectivity index (χ4n) is 6.07. The molecular weight excluding hydrogens is 463 g/mol. The highest BCUT2D eigenvalue weighted by Crippen LogP contribution is 2.37. The summed E-state index contributed by atoms with van der Waals surface area (Å²) < 4.78 is 24.5. The van der Waals surface area contributed by atoms with E-state index in [9.17, 15) is 14.0 Å². The minimum absolute atomic E-state index is 0.000943. The summed E-state index contributed by atoms with van der Waals surface area (Å²) in [4.78, 5) is 32.4. The zero-order chi connectivity index (χ0) is 24.8. The maximum absolute atomic E-state index is 13.4. The predicted molar refractivity (Wildman–Crippen MR) is 131 cm³/mol. The van der Waals surface area contributed by atoms with Crippen LogP contribution in [0.25, 0.3) is 11.1 Å². The number of aromatic nitrogens is 1. The van der Waals surface area contributed by atoms with Crippen LogP contribution in [0.2, 0.25) is 0 Å². The Labute approximate surface area is 208 Å². The first-order valence-corrected chi connectivity index (χ1v) is 12.6. The fourth-order valence-corrected chi connectivity index (χ4v) is 6.07. The summed E-state index contributed by atoms with van der Waals surface area (Å²) in [7, 11) is 0. The van der Waals surface area contributed by atoms with Gasteiger partial charge in [-0.1, -0.05) is 12.1 Å². The van der Waals surface area contributed by atoms with E-state index in [1.54, 1.807) is 24.3 Å². The van der Waals surface area contributed by atoms with Crippen molar-refractivity contribution in [1.29, 1.82) is 0 Å². The number of ether oxygens (including phenoxy) is 1. The highest BCUT2D eigenvalue weighted by molar-refractivity contribution is 6.04. The summed E-state index contributed by atoms with van der Waals surface area (Å²) in [5.41, 5.74) is 8.11. The lowest BCUT2D eigenvalue weighted by Gasteiger charge is -2.44. The lowest BCUT2D eigenvalue weighted by Crippen LogP contribution is -2.50. The first-order valence-electron chi connectivity index (χ1n) is 12.6. The Kier molecular flexibility index (Phi) is 5.78. The molecule has 2 aromatic carbocycles. The second kappa shape index (κ2) is 9.11. The Morgan fingerprint density at radius 2 is 2.03 bits per heavy atom. The SMILES string of the molecule is Nc1nc2c(C(=O)N3CCC4CC(NC(=O)C5COc6cc(F)ccc6C5)CCC4C3)cccc2o1. The van der Waals surface area contributed by atoms with Crippen LogP contribution in [0.4, 0.5) is 10.4 Å². The zero-order valence-corrected chi connectivity index (χ0v) is 19.9. The highest BCUT2D eigenvalue weighted by Gasteiger charge is 2.38. The van der Waals surface area contributed by atoms with Gasteiger partial charge < -0.3 is 25.1 Å². The number of nitrogens with two attached hydrogens (primary N) is 1. The Bertz CT molecular complexity index is 1320. The Balaban J connectivity index is 1.05. The lowest BCUT2D eigenvalue weighted by atomic mass is 9.73. The number of para-hydroxylation sites is 1. The Morgan fingerprint density at radius 3 is 2.92 bits per heavy atom. The number of likely N-dealkylation sites (tertiary alicyclic amines) is 1. The number of oxazole rings is 1. The molecule has 188 valence electrons. The van der Waals surface area contributed by atoms with Crippen molar-refractivity contribution in [2.24, 2.45) is 17.8 Å². The molecule has 3 N–H and O–H groups in total. The van der Waals surface area contributed by atoms with Gasteiger partial charge in [-0.3, -0.25) is 9.59 Å². The second-order valence-corrected chi connectivity index (χ2v) is 10.2. The number of benzene rings is 2. The molecule has 8 nitrogen and oxygen atoms in total. The standard InChI is InChI=1S/C27H29FN4O4/c28-19-6-4-16-10-18(14-35-23(16)12-19)25(33)30-20-7-5-17-13-32(9-8-15(17)11-20)26(34)21-2-1-3-22-24(21)31-27(29)36-22/h1-4,6,12,15,17-18,20H,5,7-11,13-14H2,(H2,29,31)(H,30,33). The summed E-state index contributed by atoms with van der Waals surface area (Å²) in [6.45, 7) is 1.65. The number of anilines is 1. The molecule has 0 radical (unpaired) electrons. The molecule has 1 aliphatic carbocycles. The van der Waals surface area contributed by atoms with Gasteiger partial charge >= 0.3 is 0 Å². The lowest BCUT2D eigenvalue weighted by molar-refractivity contribution is -0.127. The number of nitrogens with zero attached hydrogens (tertiary/aromatic N) is 2. The van der Waals surface area contributed by atoms with Crippen molar-refractivity contribution in [3.8, 4) is 5.75 Å². The van der Waals surface area contributed by atoms with Crippen molar-refractivity contribution in [2.45, 2.75) is 38.1 Å². The molecule has 3 aliphatic rings. The van der Waals surface area contributed by atoms with Crippen LogP contribution < -0.4 is 15.8 Å². The van der Waals surface area contributed by atoms with E-state index in [1.807, 2.05) is 4.90 Å². The summed E-state index contributed by atoms with van der Waals surface area (Å²) in [5, 5.41) is 3.24. The van der Waals surface area contributed by atoms with E-state index in [-0.39, 0.29) is 42.2 Å². The number of halogens is 1. The topological polar surface area (TPSA) is 111 Å². The van der Waals surface area contributed by atoms with Crippen molar-refractivity contribution >= 4 is 28.9 Å². The van der Waals surface area contributed by atoms with Crippen LogP contribution in [0.3, 0.4) is 0 Å². The number of nitrogens with one attached hydrogen (secondary N) is 1. The summed E-state index contributed by atoms with van der Waals surface area (Å²) in [6.07, 6.45) is 4.24. The molecule has 2 fully saturated rings. The van der Waals surface area contributed by atoms with Gasteiger partial charge in [0.05, 0.1) is 11.5 Å². The van der Waals surface area contributed by atoms with Gasteiger partial charge in [-0.2, -0.15) is 4.98 Å². The van der Waals surface area contributed by atoms with Gasteiger partial charge in [-0.15, -0.1) is 0 Å². The number of hydrogen-bond donors (Lipinski definition) is 2. The maximum Gasteiger partial charge on any atom is 0.293 e. The number of nitrogen functional groups attached to an aromatic ring is 1. The molecule has 1 aromatic heterocycles. The second-order valence-electron chi connectivity index (χ2n) is 10.2. The molecule has 4 unspecified atom stereocenters. The highest BCUT2D eigenvalue weighted by atomic mass is 19.1. The van der Waals surface area contributed by atoms with Gasteiger partial charge in [0.15, 0.2) is 5.58 Å². The normalized spacial score (nSPS) is 25.5. The Hall–Kier alpha value is -3.62. The average molecular weight is 493 g/mol. The molecule has 9 heteroatoms. The van der Waals surface area contributed by atoms with Crippen LogP contribution in [0, 0.1) is 23.6 Å². The third kappa shape index (κ3) is 4.27. The van der Waals surface area contributed by atoms with E-state index in [1.165, 1.54) is 12.1 Å². The van der Waals surface area contributed by atoms with Gasteiger partial charge in [-0.25, -0.2) is 4.39 Å². The molecule has 2 aliphatic heterocycles. The van der Waals surface area contributed by atoms with E-state index in [2.05, 4.69) is 10.3 Å². The largest absolute Gasteiger partial charge is 0.492 e. The maximum atomic E-state index is 13.4. The minimum atomic E-state index is -0.332. The molecular formula is C27H29FN4O4. The molecule has 1 saturated carbocycles. The van der Waals surface area contributed by atoms with E-state index < -0.39 is 0 Å². The van der Waals surface area contributed by atoms with Crippen LogP contribution in [-0.2, 0) is 11.2 Å². The van der Waals surface area contributed by atoms with Gasteiger partial charge in [0, 0.05) is 25.2 Å². The first kappa shape index (κ1) is 22.8. The van der Waals surface area contributed by atoms with Gasteiger partial charge in [0.25, 0.3) is 11.9 Å². The van der Waals surface area contributed by atoms with Crippen LogP contribution in [0.15, 0.2) is 40.8 Å². The monoisotopic (exact) mass is 492 g/mol. The van der Waals surface area contributed by atoms with Crippen molar-refractivity contribution in [3.63, 3.8) is 0 Å². The quantitative estimate of drug-likeness (QED) is 0.579. The number of carbonyl (C=O) groups is 2. The molecule has 0 spiro atoms. The third-order valence-electron chi connectivity index (χ3n) is 7.97. The van der Waals surface area contributed by atoms with Crippen LogP contribution in [0.5, 0.6) is 5.75 Å². The van der Waals surface area contributed by atoms with Crippen molar-refractivity contribution in [2.75, 3.05) is 25.4 Å². The number of carbonyl (C=O) groups excluding carboxylic acids is 2. The number of hydrogen-bond acceptors (Lipinski definition) is 6. The predicted octanol–water partition coefficient (Wildman–Crippen LogP) is 3.55. The molecule has 3 aromatic rings. The number of rotatable bonds is 3. The molecule has 6 rings (SSSR count). The molecule has 1 saturated heterocycles. The van der Waals surface area contributed by atoms with Crippen LogP contribution >= 0.6 is 0 Å². The van der Waals surface area contributed by atoms with Crippen LogP contribution in [-0.4, -0.2) is 47.4 Å². The van der Waals surface area contributed by atoms with Crippen molar-refractivity contribution < 1.29 is 23.1 Å². The van der Waals surface area contributed by atoms with Gasteiger partial charge in [-0.05, 0) is 67.7 Å². The third-order valence-corrected chi connectivity index (χ3v) is 7.97. The smallest absolute Gasteiger partial charge is 0.293 e. The minimum Gasteiger partial charge on any atom is -0.492 e. The molecule has 2 amide bonds. The van der Waals surface area contributed by atoms with E-state index in [0.717, 1.165) is 31.2 Å². The molecule has 4 atom stereocenters. The summed E-state index contributed by atoms with van der Waals surface area (Å²) >= 11 is 0. The number of piperidine rings is 1. The van der Waals surface area contributed by atoms with Crippen molar-refractivity contribution in [3.05, 3.63) is 53.3 Å². The van der Waals surface area contributed by atoms with E-state index in [4.69, 9.17) is 14.9 Å². The Morgan fingerprint density at radius 1 is 1.14 bits per heavy atom. The average Bonchev–Trinajstić information content (AvgIpc) is 3.27. The first-order chi connectivity index (χ1) is 17.4. The van der Waals surface area contributed by atoms with Crippen molar-refractivity contribution in [1.82, 2.24) is 15.2 Å². The number of amides is 2. The fraction of sp³-hybridized carbons (Fsp3) is 0.444. The molecule has 3 heterocycles. The number of fused-ring (bicyclic) bond motifs is 3. The van der Waals surface area contributed by atoms with Gasteiger partial charge in [0.2, 0.25) is 5.91 Å². The summed E-state index contributed by atoms with van der Waals surface area (Å²) in [5.74, 6) is 0.773. The van der Waals surface area contributed by atoms with Gasteiger partial charge in [0.1, 0.15) is 23.7 Å². The zero-order valence-electron chi connectivity index (χ0n) is 19.9. The van der Waals surface area contributed by atoms with E-state index >= 15 is 0 Å². The molecule has 0 bridgehead atoms. The van der Waals surface area contributed by atoms with Crippen LogP contribution in [0.1, 0.15) is 41.6 Å². The summed E-state index contributed by atoms with van der Waals surface area (Å²) in [6, 6.07) is 9.98. The van der Waals surface area contributed by atoms with E-state index in [0.29, 0.717) is 53.8 Å².